The van der Waals surface area contributed by atoms with Crippen LogP contribution in [0.4, 0.5) is 0 Å². The van der Waals surface area contributed by atoms with E-state index in [0.29, 0.717) is 18.6 Å². The second-order valence-electron chi connectivity index (χ2n) is 7.29. The van der Waals surface area contributed by atoms with Gasteiger partial charge in [-0.05, 0) is 37.0 Å². The van der Waals surface area contributed by atoms with E-state index in [1.54, 1.807) is 9.13 Å². The molecule has 0 fully saturated rings. The number of aromatic nitrogens is 2. The molecule has 0 amide bonds. The fraction of sp³-hybridized carbons (Fsp3) is 0.400. The van der Waals surface area contributed by atoms with Gasteiger partial charge in [0.05, 0.1) is 4.24 Å². The number of hydrogen-bond acceptors (Lipinski definition) is 4. The molecule has 1 aliphatic heterocycles. The van der Waals surface area contributed by atoms with Crippen LogP contribution in [-0.2, 0) is 18.5 Å². The third kappa shape index (κ3) is 3.09. The summed E-state index contributed by atoms with van der Waals surface area (Å²) in [6, 6.07) is 6.39. The zero-order chi connectivity index (χ0) is 19.2. The Labute approximate surface area is 161 Å². The molecule has 4 nitrogen and oxygen atoms in total. The number of hydrogen-bond donors (Lipinski definition) is 0. The highest BCUT2D eigenvalue weighted by atomic mass is 32.2. The number of fused-ring (bicyclic) bond motifs is 1. The molecule has 1 aromatic carbocycles. The van der Waals surface area contributed by atoms with Gasteiger partial charge in [-0.3, -0.25) is 18.7 Å². The molecule has 2 heterocycles. The van der Waals surface area contributed by atoms with Gasteiger partial charge in [-0.1, -0.05) is 56.9 Å². The lowest BCUT2D eigenvalue weighted by Gasteiger charge is -2.19. The minimum Gasteiger partial charge on any atom is -0.295 e. The lowest BCUT2D eigenvalue weighted by Crippen LogP contribution is -2.58. The first-order valence-electron chi connectivity index (χ1n) is 8.76. The zero-order valence-corrected chi connectivity index (χ0v) is 17.5. The summed E-state index contributed by atoms with van der Waals surface area (Å²) >= 11 is 3.04. The van der Waals surface area contributed by atoms with Crippen LogP contribution in [0.5, 0.6) is 0 Å². The molecule has 0 bridgehead atoms. The highest BCUT2D eigenvalue weighted by molar-refractivity contribution is 8.32. The second-order valence-corrected chi connectivity index (χ2v) is 9.66. The van der Waals surface area contributed by atoms with Crippen LogP contribution >= 0.6 is 23.5 Å². The van der Waals surface area contributed by atoms with Crippen molar-refractivity contribution in [3.8, 4) is 0 Å². The van der Waals surface area contributed by atoms with E-state index in [-0.39, 0.29) is 21.8 Å². The van der Waals surface area contributed by atoms with Crippen molar-refractivity contribution in [3.05, 3.63) is 55.2 Å². The summed E-state index contributed by atoms with van der Waals surface area (Å²) in [5.41, 5.74) is 1.28. The summed E-state index contributed by atoms with van der Waals surface area (Å²) < 4.78 is 3.93. The normalized spacial score (nSPS) is 14.0. The fourth-order valence-corrected chi connectivity index (χ4v) is 5.59. The van der Waals surface area contributed by atoms with Crippen LogP contribution in [0.2, 0.25) is 0 Å². The summed E-state index contributed by atoms with van der Waals surface area (Å²) in [6.07, 6.45) is 0. The summed E-state index contributed by atoms with van der Waals surface area (Å²) in [4.78, 5) is 28.1. The smallest absolute Gasteiger partial charge is 0.266 e. The maximum absolute atomic E-state index is 12.9. The van der Waals surface area contributed by atoms with Crippen molar-refractivity contribution in [2.24, 2.45) is 0 Å². The van der Waals surface area contributed by atoms with Crippen LogP contribution < -0.4 is 21.8 Å². The van der Waals surface area contributed by atoms with Gasteiger partial charge >= 0.3 is 0 Å². The summed E-state index contributed by atoms with van der Waals surface area (Å²) in [7, 11) is 0. The maximum atomic E-state index is 12.9. The molecule has 0 atom stereocenters. The van der Waals surface area contributed by atoms with Crippen LogP contribution in [0.25, 0.3) is 10.8 Å². The summed E-state index contributed by atoms with van der Waals surface area (Å²) in [5, 5.41) is 0.268. The molecule has 0 aliphatic carbocycles. The highest BCUT2D eigenvalue weighted by Gasteiger charge is 2.24. The van der Waals surface area contributed by atoms with E-state index in [4.69, 9.17) is 0 Å². The first kappa shape index (κ1) is 19.1. The Kier molecular flexibility index (Phi) is 5.01. The number of rotatable bonds is 2. The molecule has 1 aromatic heterocycles. The minimum absolute atomic E-state index is 0.0579. The summed E-state index contributed by atoms with van der Waals surface area (Å²) in [6.45, 7) is 15.3. The Hall–Kier alpha value is -1.66. The zero-order valence-electron chi connectivity index (χ0n) is 15.9. The van der Waals surface area contributed by atoms with Crippen LogP contribution in [0, 0.1) is 0 Å². The molecule has 0 spiro atoms. The van der Waals surface area contributed by atoms with Crippen LogP contribution in [0.3, 0.4) is 0 Å². The first-order valence-corrected chi connectivity index (χ1v) is 10.4. The number of thioether (sulfide) groups is 2. The van der Waals surface area contributed by atoms with E-state index in [2.05, 4.69) is 45.5 Å². The van der Waals surface area contributed by atoms with E-state index in [1.165, 1.54) is 29.1 Å². The van der Waals surface area contributed by atoms with Crippen LogP contribution in [-0.4, -0.2) is 9.13 Å². The molecule has 3 rings (SSSR count). The predicted octanol–water partition coefficient (Wildman–Crippen LogP) is 2.72. The molecule has 1 aliphatic rings. The van der Waals surface area contributed by atoms with Crippen molar-refractivity contribution in [1.29, 1.82) is 0 Å². The van der Waals surface area contributed by atoms with Gasteiger partial charge in [-0.25, -0.2) is 0 Å². The molecule has 138 valence electrons. The van der Waals surface area contributed by atoms with Gasteiger partial charge in [0.15, 0.2) is 0 Å². The van der Waals surface area contributed by atoms with Crippen LogP contribution in [0.15, 0.2) is 37.6 Å². The Morgan fingerprint density at radius 1 is 0.962 bits per heavy atom. The van der Waals surface area contributed by atoms with E-state index < -0.39 is 0 Å². The highest BCUT2D eigenvalue weighted by Crippen LogP contribution is 2.51. The van der Waals surface area contributed by atoms with Gasteiger partial charge in [-0.15, -0.1) is 0 Å². The Morgan fingerprint density at radius 2 is 1.50 bits per heavy atom. The van der Waals surface area contributed by atoms with E-state index in [9.17, 15) is 9.59 Å². The number of nitrogens with zero attached hydrogens (tertiary/aromatic N) is 2. The fourth-order valence-electron chi connectivity index (χ4n) is 3.03. The van der Waals surface area contributed by atoms with Crippen LogP contribution in [0.1, 0.15) is 40.2 Å². The third-order valence-electron chi connectivity index (χ3n) is 4.59. The van der Waals surface area contributed by atoms with Crippen molar-refractivity contribution in [2.45, 2.75) is 62.9 Å². The Bertz CT molecular complexity index is 1060. The minimum atomic E-state index is -0.244. The van der Waals surface area contributed by atoms with Gasteiger partial charge < -0.3 is 0 Å². The lowest BCUT2D eigenvalue weighted by atomic mass is 9.87. The molecule has 26 heavy (non-hydrogen) atoms. The molecule has 0 saturated carbocycles. The van der Waals surface area contributed by atoms with Crippen molar-refractivity contribution < 1.29 is 0 Å². The van der Waals surface area contributed by atoms with Crippen molar-refractivity contribution in [1.82, 2.24) is 9.13 Å². The lowest BCUT2D eigenvalue weighted by molar-refractivity contribution is 0.573. The van der Waals surface area contributed by atoms with Gasteiger partial charge in [-0.2, -0.15) is 0 Å². The molecular formula is C20H24N2O2S2. The molecule has 0 radical (unpaired) electrons. The molecule has 0 unspecified atom stereocenters. The molecule has 2 aromatic rings. The quantitative estimate of drug-likeness (QED) is 0.794. The van der Waals surface area contributed by atoms with Gasteiger partial charge in [0.25, 0.3) is 11.1 Å². The van der Waals surface area contributed by atoms with Crippen molar-refractivity contribution >= 4 is 34.3 Å². The predicted molar refractivity (Wildman–Crippen MR) is 111 cm³/mol. The van der Waals surface area contributed by atoms with E-state index in [1.807, 2.05) is 13.8 Å². The molecule has 6 heteroatoms. The number of benzene rings is 1. The average Bonchev–Trinajstić information content (AvgIpc) is 2.97. The topological polar surface area (TPSA) is 44.0 Å². The van der Waals surface area contributed by atoms with Gasteiger partial charge in [0, 0.05) is 22.9 Å². The third-order valence-corrected chi connectivity index (χ3v) is 7.13. The molecule has 0 saturated heterocycles. The van der Waals surface area contributed by atoms with E-state index >= 15 is 0 Å². The second kappa shape index (κ2) is 6.82. The monoisotopic (exact) mass is 388 g/mol. The van der Waals surface area contributed by atoms with Gasteiger partial charge in [0.1, 0.15) is 10.7 Å². The average molecular weight is 389 g/mol. The van der Waals surface area contributed by atoms with E-state index in [0.717, 1.165) is 14.0 Å². The maximum Gasteiger partial charge on any atom is 0.266 e. The largest absolute Gasteiger partial charge is 0.295 e. The van der Waals surface area contributed by atoms with Crippen molar-refractivity contribution in [2.75, 3.05) is 0 Å². The van der Waals surface area contributed by atoms with Crippen molar-refractivity contribution in [3.63, 3.8) is 0 Å². The molecule has 0 N–H and O–H groups in total. The summed E-state index contributed by atoms with van der Waals surface area (Å²) in [5.74, 6) is 0. The van der Waals surface area contributed by atoms with Gasteiger partial charge in [0.2, 0.25) is 0 Å². The SMILES string of the molecule is C=c1n(CC)c(=O)c(=C2Sc3ccc(C(C)(C)C)cc3S2)c(=O)n1CC. The molecular weight excluding hydrogens is 364 g/mol. The first-order chi connectivity index (χ1) is 12.2. The Balaban J connectivity index is 2.27. The standard InChI is InChI=1S/C20H24N2O2S2/c1-7-21-12(3)22(8-2)18(24)16(17(21)23)19-25-14-10-9-13(20(4,5)6)11-15(14)26-19/h9-11H,3,7-8H2,1-2,4-6H3. The Morgan fingerprint density at radius 3 is 2.00 bits per heavy atom.